The van der Waals surface area contributed by atoms with Crippen LogP contribution in [0.4, 0.5) is 13.6 Å². The summed E-state index contributed by atoms with van der Waals surface area (Å²) in [7, 11) is -1.80. The first kappa shape index (κ1) is 30.8. The Hall–Kier alpha value is -2.75. The maximum Gasteiger partial charge on any atom is 0.475 e. The molecule has 2 heterocycles. The molecule has 3 N–H and O–H groups in total. The van der Waals surface area contributed by atoms with E-state index in [2.05, 4.69) is 11.4 Å². The lowest BCUT2D eigenvalue weighted by Gasteiger charge is -2.41. The maximum atomic E-state index is 13.7. The number of nitrogens with one attached hydrogen (secondary N) is 1. The van der Waals surface area contributed by atoms with Gasteiger partial charge in [-0.25, -0.2) is 13.6 Å². The number of carbonyl (C=O) groups is 2. The van der Waals surface area contributed by atoms with E-state index < -0.39 is 42.1 Å². The number of halogens is 2. The second-order valence-electron chi connectivity index (χ2n) is 11.6. The largest absolute Gasteiger partial charge is 0.475 e. The van der Waals surface area contributed by atoms with Crippen molar-refractivity contribution in [2.45, 2.75) is 82.3 Å². The minimum Gasteiger partial charge on any atom is -0.441 e. The number of nitrogens with zero attached hydrogens (tertiary/aromatic N) is 3. The third-order valence-corrected chi connectivity index (χ3v) is 7.80. The fourth-order valence-electron chi connectivity index (χ4n) is 5.35. The Morgan fingerprint density at radius 3 is 2.49 bits per heavy atom. The van der Waals surface area contributed by atoms with Crippen molar-refractivity contribution in [3.63, 3.8) is 0 Å². The van der Waals surface area contributed by atoms with Crippen LogP contribution < -0.4 is 5.32 Å². The van der Waals surface area contributed by atoms with E-state index in [0.717, 1.165) is 5.56 Å². The summed E-state index contributed by atoms with van der Waals surface area (Å²) >= 11 is 0. The molecule has 9 nitrogen and oxygen atoms in total. The van der Waals surface area contributed by atoms with Gasteiger partial charge in [0, 0.05) is 25.0 Å². The highest BCUT2D eigenvalue weighted by Crippen LogP contribution is 2.35. The molecule has 3 atom stereocenters. The fraction of sp³-hybridized carbons (Fsp3) is 0.667. The monoisotopic (exact) mass is 548 g/mol. The quantitative estimate of drug-likeness (QED) is 0.384. The van der Waals surface area contributed by atoms with Crippen molar-refractivity contribution in [1.29, 1.82) is 5.26 Å². The lowest BCUT2D eigenvalue weighted by atomic mass is 9.76. The molecule has 2 saturated heterocycles. The Bertz CT molecular complexity index is 1040. The molecule has 1 aromatic rings. The number of carbonyl (C=O) groups excluding carboxylic acids is 2. The van der Waals surface area contributed by atoms with Gasteiger partial charge in [0.1, 0.15) is 11.5 Å². The van der Waals surface area contributed by atoms with E-state index in [1.165, 1.54) is 4.90 Å². The second-order valence-corrected chi connectivity index (χ2v) is 11.6. The average molecular weight is 548 g/mol. The number of piperidine rings is 1. The van der Waals surface area contributed by atoms with Gasteiger partial charge in [-0.1, -0.05) is 30.3 Å². The van der Waals surface area contributed by atoms with E-state index in [-0.39, 0.29) is 44.8 Å². The number of nitriles is 1. The molecule has 0 aliphatic carbocycles. The van der Waals surface area contributed by atoms with Gasteiger partial charge in [0.2, 0.25) is 5.91 Å². The molecule has 2 aliphatic heterocycles. The molecule has 12 heteroatoms. The van der Waals surface area contributed by atoms with Crippen molar-refractivity contribution < 1.29 is 33.2 Å². The summed E-state index contributed by atoms with van der Waals surface area (Å²) in [6.07, 6.45) is 0.839. The Balaban J connectivity index is 1.56. The van der Waals surface area contributed by atoms with E-state index in [1.807, 2.05) is 44.2 Å². The molecule has 0 radical (unpaired) electrons. The van der Waals surface area contributed by atoms with Crippen molar-refractivity contribution in [1.82, 2.24) is 15.1 Å². The molecule has 0 saturated carbocycles. The van der Waals surface area contributed by atoms with Gasteiger partial charge in [-0.05, 0) is 58.4 Å². The van der Waals surface area contributed by atoms with Crippen LogP contribution in [-0.4, -0.2) is 88.1 Å². The minimum atomic E-state index is -2.72. The summed E-state index contributed by atoms with van der Waals surface area (Å²) in [4.78, 5) is 29.2. The first-order valence-corrected chi connectivity index (χ1v) is 13.4. The highest BCUT2D eigenvalue weighted by molar-refractivity contribution is 6.43. The van der Waals surface area contributed by atoms with Gasteiger partial charge in [0.25, 0.3) is 5.92 Å². The van der Waals surface area contributed by atoms with Crippen LogP contribution in [0, 0.1) is 17.2 Å². The number of ether oxygens (including phenoxy) is 1. The van der Waals surface area contributed by atoms with E-state index >= 15 is 0 Å². The number of hydrogen-bond acceptors (Lipinski definition) is 7. The standard InChI is InChI=1S/C27H39BF2N4O5/c1-25(2,34-15-13-27(29,30)19-34)12-10-21(17-31)23(35)33-14-7-11-26(3,18-33)39-24(36)32-22(28(37)38)16-20-8-5-4-6-9-20/h4-6,8-9,21-22,37-38H,7,10-16,18-19H2,1-3H3,(H,32,36)/t21?,22-,26+/m0/s1. The van der Waals surface area contributed by atoms with Crippen molar-refractivity contribution in [2.75, 3.05) is 26.2 Å². The van der Waals surface area contributed by atoms with Crippen LogP contribution in [0.15, 0.2) is 30.3 Å². The third kappa shape index (κ3) is 8.62. The van der Waals surface area contributed by atoms with Gasteiger partial charge < -0.3 is 25.0 Å². The predicted octanol–water partition coefficient (Wildman–Crippen LogP) is 2.76. The zero-order chi connectivity index (χ0) is 28.8. The smallest absolute Gasteiger partial charge is 0.441 e. The van der Waals surface area contributed by atoms with Crippen LogP contribution in [-0.2, 0) is 16.0 Å². The van der Waals surface area contributed by atoms with Gasteiger partial charge in [-0.15, -0.1) is 0 Å². The van der Waals surface area contributed by atoms with Crippen LogP contribution in [0.3, 0.4) is 0 Å². The summed E-state index contributed by atoms with van der Waals surface area (Å²) in [5.41, 5.74) is -0.808. The Morgan fingerprint density at radius 1 is 1.21 bits per heavy atom. The molecule has 1 unspecified atom stereocenters. The molecule has 0 aromatic heterocycles. The second kappa shape index (κ2) is 12.6. The van der Waals surface area contributed by atoms with Gasteiger partial charge in [-0.2, -0.15) is 5.26 Å². The fourth-order valence-corrected chi connectivity index (χ4v) is 5.35. The summed E-state index contributed by atoms with van der Waals surface area (Å²) in [6.45, 7) is 5.85. The molecule has 3 rings (SSSR count). The van der Waals surface area contributed by atoms with Gasteiger partial charge in [0.05, 0.1) is 25.1 Å². The highest BCUT2D eigenvalue weighted by atomic mass is 19.3. The van der Waals surface area contributed by atoms with Crippen LogP contribution in [0.25, 0.3) is 0 Å². The SMILES string of the molecule is CC(C)(CCC(C#N)C(=O)N1CCC[C@@](C)(OC(=O)N[C@@H](Cc2ccccc2)B(O)O)C1)N1CCC(F)(F)C1. The molecule has 2 fully saturated rings. The zero-order valence-electron chi connectivity index (χ0n) is 22.9. The molecule has 0 spiro atoms. The number of amides is 2. The third-order valence-electron chi connectivity index (χ3n) is 7.80. The van der Waals surface area contributed by atoms with E-state index in [0.29, 0.717) is 25.8 Å². The number of hydrogen-bond donors (Lipinski definition) is 3. The number of likely N-dealkylation sites (tertiary alicyclic amines) is 2. The summed E-state index contributed by atoms with van der Waals surface area (Å²) < 4.78 is 33.1. The first-order chi connectivity index (χ1) is 18.2. The summed E-state index contributed by atoms with van der Waals surface area (Å²) in [5, 5.41) is 31.8. The van der Waals surface area contributed by atoms with Crippen LogP contribution >= 0.6 is 0 Å². The lowest BCUT2D eigenvalue weighted by molar-refractivity contribution is -0.140. The van der Waals surface area contributed by atoms with Gasteiger partial charge in [0.15, 0.2) is 0 Å². The summed E-state index contributed by atoms with van der Waals surface area (Å²) in [5.74, 6) is -5.03. The molecule has 39 heavy (non-hydrogen) atoms. The molecule has 214 valence electrons. The van der Waals surface area contributed by atoms with Crippen LogP contribution in [0.5, 0.6) is 0 Å². The van der Waals surface area contributed by atoms with Crippen molar-refractivity contribution in [2.24, 2.45) is 5.92 Å². The van der Waals surface area contributed by atoms with Gasteiger partial charge >= 0.3 is 13.2 Å². The normalized spacial score (nSPS) is 23.0. The van der Waals surface area contributed by atoms with E-state index in [1.54, 1.807) is 11.8 Å². The Morgan fingerprint density at radius 2 is 1.90 bits per heavy atom. The molecule has 2 aliphatic rings. The first-order valence-electron chi connectivity index (χ1n) is 13.4. The number of rotatable bonds is 10. The molecule has 1 aromatic carbocycles. The maximum absolute atomic E-state index is 13.7. The lowest BCUT2D eigenvalue weighted by Crippen LogP contribution is -2.55. The average Bonchev–Trinajstić information content (AvgIpc) is 3.24. The number of alkyl halides is 2. The van der Waals surface area contributed by atoms with E-state index in [4.69, 9.17) is 4.74 Å². The Kier molecular flexibility index (Phi) is 9.96. The van der Waals surface area contributed by atoms with Crippen molar-refractivity contribution in [3.8, 4) is 6.07 Å². The van der Waals surface area contributed by atoms with Crippen LogP contribution in [0.1, 0.15) is 58.4 Å². The predicted molar refractivity (Wildman–Crippen MR) is 142 cm³/mol. The van der Waals surface area contributed by atoms with Crippen molar-refractivity contribution in [3.05, 3.63) is 35.9 Å². The number of benzene rings is 1. The zero-order valence-corrected chi connectivity index (χ0v) is 22.9. The number of alkyl carbamates (subject to hydrolysis) is 1. The molecular weight excluding hydrogens is 509 g/mol. The summed E-state index contributed by atoms with van der Waals surface area (Å²) in [6, 6.07) is 11.1. The minimum absolute atomic E-state index is 0.0875. The van der Waals surface area contributed by atoms with Crippen LogP contribution in [0.2, 0.25) is 0 Å². The van der Waals surface area contributed by atoms with Gasteiger partial charge in [-0.3, -0.25) is 9.69 Å². The molecular formula is C27H39BF2N4O5. The van der Waals surface area contributed by atoms with E-state index in [9.17, 15) is 33.7 Å². The molecule has 2 amide bonds. The topological polar surface area (TPSA) is 126 Å². The van der Waals surface area contributed by atoms with Crippen molar-refractivity contribution >= 4 is 19.1 Å². The highest BCUT2D eigenvalue weighted by Gasteiger charge is 2.44. The molecule has 0 bridgehead atoms. The Labute approximate surface area is 229 Å².